The van der Waals surface area contributed by atoms with Crippen molar-refractivity contribution in [3.8, 4) is 17.2 Å². The van der Waals surface area contributed by atoms with E-state index in [2.05, 4.69) is 5.32 Å². The zero-order chi connectivity index (χ0) is 26.5. The quantitative estimate of drug-likeness (QED) is 0.456. The SMILES string of the molecule is CCCOC(=O)C1=C(C)NC2=C(C(=O)CC(c3ccc(OC)c(OC)c3)C2)C1c1ccccc1OCC. The molecule has 4 rings (SSSR count). The molecule has 2 aromatic carbocycles. The molecule has 1 aliphatic carbocycles. The van der Waals surface area contributed by atoms with Gasteiger partial charge in [0.05, 0.1) is 38.9 Å². The van der Waals surface area contributed by atoms with Crippen molar-refractivity contribution in [1.82, 2.24) is 5.32 Å². The second-order valence-corrected chi connectivity index (χ2v) is 9.24. The number of hydrogen-bond donors (Lipinski definition) is 1. The van der Waals surface area contributed by atoms with Crippen LogP contribution in [0.5, 0.6) is 17.2 Å². The molecule has 1 heterocycles. The highest BCUT2D eigenvalue weighted by atomic mass is 16.5. The molecule has 7 nitrogen and oxygen atoms in total. The zero-order valence-corrected chi connectivity index (χ0v) is 22.2. The van der Waals surface area contributed by atoms with Crippen molar-refractivity contribution < 1.29 is 28.5 Å². The van der Waals surface area contributed by atoms with Crippen molar-refractivity contribution in [2.24, 2.45) is 0 Å². The average molecular weight is 506 g/mol. The molecule has 2 aliphatic rings. The van der Waals surface area contributed by atoms with E-state index in [-0.39, 0.29) is 11.7 Å². The summed E-state index contributed by atoms with van der Waals surface area (Å²) in [6, 6.07) is 13.4. The highest BCUT2D eigenvalue weighted by Crippen LogP contribution is 2.48. The first-order chi connectivity index (χ1) is 17.9. The molecule has 0 spiro atoms. The van der Waals surface area contributed by atoms with Crippen LogP contribution < -0.4 is 19.5 Å². The number of Topliss-reactive ketones (excluding diaryl/α,β-unsaturated/α-hetero) is 1. The van der Waals surface area contributed by atoms with Crippen LogP contribution >= 0.6 is 0 Å². The summed E-state index contributed by atoms with van der Waals surface area (Å²) in [4.78, 5) is 27.2. The van der Waals surface area contributed by atoms with Crippen LogP contribution in [-0.4, -0.2) is 39.2 Å². The third-order valence-corrected chi connectivity index (χ3v) is 6.89. The number of methoxy groups -OCH3 is 2. The van der Waals surface area contributed by atoms with Gasteiger partial charge >= 0.3 is 5.97 Å². The number of para-hydroxylation sites is 1. The van der Waals surface area contributed by atoms with Crippen molar-refractivity contribution in [2.45, 2.75) is 51.9 Å². The smallest absolute Gasteiger partial charge is 0.336 e. The number of carbonyl (C=O) groups is 2. The average Bonchev–Trinajstić information content (AvgIpc) is 2.90. The van der Waals surface area contributed by atoms with Gasteiger partial charge in [0.25, 0.3) is 0 Å². The zero-order valence-electron chi connectivity index (χ0n) is 22.2. The summed E-state index contributed by atoms with van der Waals surface area (Å²) in [6.45, 7) is 6.53. The van der Waals surface area contributed by atoms with Gasteiger partial charge in [0.1, 0.15) is 5.75 Å². The maximum Gasteiger partial charge on any atom is 0.336 e. The van der Waals surface area contributed by atoms with Crippen LogP contribution in [0.15, 0.2) is 65.0 Å². The van der Waals surface area contributed by atoms with Crippen LogP contribution in [0, 0.1) is 0 Å². The fourth-order valence-electron chi connectivity index (χ4n) is 5.24. The van der Waals surface area contributed by atoms with Gasteiger partial charge in [0.15, 0.2) is 17.3 Å². The Kier molecular flexibility index (Phi) is 8.21. The molecule has 1 aliphatic heterocycles. The Balaban J connectivity index is 1.79. The number of ether oxygens (including phenoxy) is 4. The number of hydrogen-bond acceptors (Lipinski definition) is 7. The number of esters is 1. The molecule has 0 radical (unpaired) electrons. The Morgan fingerprint density at radius 3 is 2.46 bits per heavy atom. The summed E-state index contributed by atoms with van der Waals surface area (Å²) < 4.78 is 22.4. The minimum Gasteiger partial charge on any atom is -0.494 e. The Morgan fingerprint density at radius 1 is 1.00 bits per heavy atom. The molecule has 2 aromatic rings. The Morgan fingerprint density at radius 2 is 1.76 bits per heavy atom. The van der Waals surface area contributed by atoms with E-state index >= 15 is 0 Å². The summed E-state index contributed by atoms with van der Waals surface area (Å²) in [5.41, 5.74) is 4.38. The van der Waals surface area contributed by atoms with Gasteiger partial charge in [-0.05, 0) is 56.4 Å². The van der Waals surface area contributed by atoms with Crippen LogP contribution in [0.4, 0.5) is 0 Å². The number of nitrogens with one attached hydrogen (secondary N) is 1. The third-order valence-electron chi connectivity index (χ3n) is 6.89. The summed E-state index contributed by atoms with van der Waals surface area (Å²) in [6.07, 6.45) is 1.66. The second kappa shape index (κ2) is 11.5. The first-order valence-corrected chi connectivity index (χ1v) is 12.8. The van der Waals surface area contributed by atoms with Gasteiger partial charge in [0, 0.05) is 29.0 Å². The second-order valence-electron chi connectivity index (χ2n) is 9.24. The number of allylic oxidation sites excluding steroid dienone is 3. The highest BCUT2D eigenvalue weighted by Gasteiger charge is 2.42. The van der Waals surface area contributed by atoms with Crippen molar-refractivity contribution in [2.75, 3.05) is 27.4 Å². The molecule has 0 saturated carbocycles. The Bertz CT molecular complexity index is 1240. The number of dihydropyridines is 1. The van der Waals surface area contributed by atoms with Crippen LogP contribution in [0.1, 0.15) is 63.0 Å². The number of ketones is 1. The van der Waals surface area contributed by atoms with E-state index in [0.717, 1.165) is 16.8 Å². The molecule has 0 bridgehead atoms. The normalized spacial score (nSPS) is 19.2. The molecular weight excluding hydrogens is 470 g/mol. The standard InChI is InChI=1S/C30H35NO6/c1-6-14-37-30(33)27-18(3)31-22-15-20(19-12-13-25(34-4)26(17-19)35-5)16-23(32)29(22)28(27)21-10-8-9-11-24(21)36-7-2/h8-13,17,20,28,31H,6-7,14-16H2,1-5H3. The molecule has 2 atom stereocenters. The van der Waals surface area contributed by atoms with Gasteiger partial charge in [-0.25, -0.2) is 4.79 Å². The summed E-state index contributed by atoms with van der Waals surface area (Å²) in [5, 5.41) is 3.40. The molecule has 196 valence electrons. The first kappa shape index (κ1) is 26.3. The monoisotopic (exact) mass is 505 g/mol. The van der Waals surface area contributed by atoms with Crippen molar-refractivity contribution >= 4 is 11.8 Å². The van der Waals surface area contributed by atoms with E-state index in [9.17, 15) is 9.59 Å². The first-order valence-electron chi connectivity index (χ1n) is 12.8. The minimum atomic E-state index is -0.567. The van der Waals surface area contributed by atoms with E-state index < -0.39 is 11.9 Å². The lowest BCUT2D eigenvalue weighted by atomic mass is 9.71. The van der Waals surface area contributed by atoms with E-state index in [4.69, 9.17) is 18.9 Å². The maximum atomic E-state index is 13.9. The van der Waals surface area contributed by atoms with Crippen LogP contribution in [0.25, 0.3) is 0 Å². The van der Waals surface area contributed by atoms with E-state index in [0.29, 0.717) is 66.6 Å². The van der Waals surface area contributed by atoms with E-state index in [1.54, 1.807) is 14.2 Å². The molecule has 0 fully saturated rings. The van der Waals surface area contributed by atoms with Gasteiger partial charge in [-0.15, -0.1) is 0 Å². The van der Waals surface area contributed by atoms with Crippen molar-refractivity contribution in [3.05, 3.63) is 76.1 Å². The summed E-state index contributed by atoms with van der Waals surface area (Å²) in [7, 11) is 3.20. The number of rotatable bonds is 9. The van der Waals surface area contributed by atoms with Gasteiger partial charge in [0.2, 0.25) is 0 Å². The van der Waals surface area contributed by atoms with Crippen molar-refractivity contribution in [3.63, 3.8) is 0 Å². The molecule has 7 heteroatoms. The predicted octanol–water partition coefficient (Wildman–Crippen LogP) is 5.42. The van der Waals surface area contributed by atoms with E-state index in [1.165, 1.54) is 0 Å². The topological polar surface area (TPSA) is 83.1 Å². The van der Waals surface area contributed by atoms with Gasteiger partial charge in [-0.3, -0.25) is 4.79 Å². The lowest BCUT2D eigenvalue weighted by Gasteiger charge is -2.37. The van der Waals surface area contributed by atoms with Crippen LogP contribution in [-0.2, 0) is 14.3 Å². The van der Waals surface area contributed by atoms with Crippen LogP contribution in [0.2, 0.25) is 0 Å². The fraction of sp³-hybridized carbons (Fsp3) is 0.400. The molecule has 0 amide bonds. The molecule has 1 N–H and O–H groups in total. The van der Waals surface area contributed by atoms with E-state index in [1.807, 2.05) is 63.2 Å². The summed E-state index contributed by atoms with van der Waals surface area (Å²) in [5.74, 6) is 0.912. The van der Waals surface area contributed by atoms with Crippen molar-refractivity contribution in [1.29, 1.82) is 0 Å². The molecule has 0 aromatic heterocycles. The lowest BCUT2D eigenvalue weighted by molar-refractivity contribution is -0.139. The summed E-state index contributed by atoms with van der Waals surface area (Å²) >= 11 is 0. The number of benzene rings is 2. The Labute approximate surface area is 218 Å². The molecular formula is C30H35NO6. The molecule has 2 unspecified atom stereocenters. The predicted molar refractivity (Wildman–Crippen MR) is 141 cm³/mol. The number of carbonyl (C=O) groups excluding carboxylic acids is 2. The highest BCUT2D eigenvalue weighted by molar-refractivity contribution is 6.04. The van der Waals surface area contributed by atoms with Gasteiger partial charge in [-0.1, -0.05) is 31.2 Å². The largest absolute Gasteiger partial charge is 0.494 e. The van der Waals surface area contributed by atoms with Gasteiger partial charge < -0.3 is 24.3 Å². The maximum absolute atomic E-state index is 13.9. The third kappa shape index (κ3) is 5.22. The molecule has 0 saturated heterocycles. The minimum absolute atomic E-state index is 0.00173. The fourth-order valence-corrected chi connectivity index (χ4v) is 5.24. The van der Waals surface area contributed by atoms with Crippen LogP contribution in [0.3, 0.4) is 0 Å². The van der Waals surface area contributed by atoms with Gasteiger partial charge in [-0.2, -0.15) is 0 Å². The Hall–Kier alpha value is -3.74. The molecule has 37 heavy (non-hydrogen) atoms. The lowest BCUT2D eigenvalue weighted by Crippen LogP contribution is -2.36.